The Balaban J connectivity index is 1.36. The number of nitrogens with one attached hydrogen (secondary N) is 1. The zero-order valence-corrected chi connectivity index (χ0v) is 22.3. The van der Waals surface area contributed by atoms with Crippen molar-refractivity contribution in [2.75, 3.05) is 0 Å². The van der Waals surface area contributed by atoms with E-state index < -0.39 is 0 Å². The number of aryl methyl sites for hydroxylation is 3. The second-order valence-electron chi connectivity index (χ2n) is 9.65. The molecule has 0 aliphatic heterocycles. The summed E-state index contributed by atoms with van der Waals surface area (Å²) in [5, 5.41) is 14.5. The summed E-state index contributed by atoms with van der Waals surface area (Å²) in [6, 6.07) is 26.0. The molecule has 10 heteroatoms. The maximum Gasteiger partial charge on any atom is 0.332 e. The van der Waals surface area contributed by atoms with E-state index in [2.05, 4.69) is 20.6 Å². The molecule has 0 atom stereocenters. The molecule has 0 spiro atoms. The summed E-state index contributed by atoms with van der Waals surface area (Å²) >= 11 is 0. The molecule has 0 fully saturated rings. The lowest BCUT2D eigenvalue weighted by atomic mass is 9.98. The van der Waals surface area contributed by atoms with E-state index >= 15 is 0 Å². The van der Waals surface area contributed by atoms with E-state index in [1.54, 1.807) is 7.05 Å². The van der Waals surface area contributed by atoms with Crippen LogP contribution in [-0.2, 0) is 33.0 Å². The first kappa shape index (κ1) is 25.2. The summed E-state index contributed by atoms with van der Waals surface area (Å²) in [7, 11) is 1.68. The summed E-state index contributed by atoms with van der Waals surface area (Å²) in [5.74, 6) is 1.29. The number of tetrazole rings is 1. The third-order valence-electron chi connectivity index (χ3n) is 7.21. The monoisotopic (exact) mass is 532 g/mol. The molecule has 0 amide bonds. The average molecular weight is 533 g/mol. The second kappa shape index (κ2) is 10.6. The zero-order valence-electron chi connectivity index (χ0n) is 22.3. The van der Waals surface area contributed by atoms with Gasteiger partial charge in [0.2, 0.25) is 5.82 Å². The molecule has 6 aromatic rings. The van der Waals surface area contributed by atoms with Gasteiger partial charge in [0.25, 0.3) is 5.56 Å². The summed E-state index contributed by atoms with van der Waals surface area (Å²) < 4.78 is 4.75. The van der Waals surface area contributed by atoms with Crippen LogP contribution in [0.2, 0.25) is 0 Å². The fourth-order valence-electron chi connectivity index (χ4n) is 5.12. The van der Waals surface area contributed by atoms with E-state index in [0.29, 0.717) is 42.9 Å². The zero-order chi connectivity index (χ0) is 27.6. The normalized spacial score (nSPS) is 11.3. The van der Waals surface area contributed by atoms with Crippen LogP contribution in [0.3, 0.4) is 0 Å². The van der Waals surface area contributed by atoms with Crippen molar-refractivity contribution < 1.29 is 0 Å². The van der Waals surface area contributed by atoms with Crippen LogP contribution in [0.1, 0.15) is 23.9 Å². The van der Waals surface area contributed by atoms with Gasteiger partial charge in [-0.15, -0.1) is 10.2 Å². The quantitative estimate of drug-likeness (QED) is 0.320. The second-order valence-corrected chi connectivity index (χ2v) is 9.65. The van der Waals surface area contributed by atoms with Gasteiger partial charge in [0.05, 0.1) is 0 Å². The molecule has 0 unspecified atom stereocenters. The van der Waals surface area contributed by atoms with Gasteiger partial charge in [-0.2, -0.15) is 5.21 Å². The predicted molar refractivity (Wildman–Crippen MR) is 153 cm³/mol. The predicted octanol–water partition coefficient (Wildman–Crippen LogP) is 3.60. The highest BCUT2D eigenvalue weighted by Crippen LogP contribution is 2.30. The van der Waals surface area contributed by atoms with Gasteiger partial charge in [-0.1, -0.05) is 85.8 Å². The number of imidazole rings is 1. The number of nitrogens with zero attached hydrogens (tertiary/aromatic N) is 7. The Morgan fingerprint density at radius 2 is 1.55 bits per heavy atom. The van der Waals surface area contributed by atoms with Gasteiger partial charge < -0.3 is 4.57 Å². The van der Waals surface area contributed by atoms with Crippen molar-refractivity contribution in [2.45, 2.75) is 32.9 Å². The van der Waals surface area contributed by atoms with E-state index in [0.717, 1.165) is 33.6 Å². The molecule has 1 N–H and O–H groups in total. The van der Waals surface area contributed by atoms with Crippen molar-refractivity contribution in [3.05, 3.63) is 117 Å². The summed E-state index contributed by atoms with van der Waals surface area (Å²) in [5.41, 5.74) is 5.16. The van der Waals surface area contributed by atoms with E-state index in [1.165, 1.54) is 9.13 Å². The van der Waals surface area contributed by atoms with Gasteiger partial charge in [-0.3, -0.25) is 13.9 Å². The fraction of sp³-hybridized carbons (Fsp3) is 0.200. The molecule has 0 aliphatic carbocycles. The van der Waals surface area contributed by atoms with Crippen molar-refractivity contribution in [1.82, 2.24) is 39.3 Å². The van der Waals surface area contributed by atoms with Gasteiger partial charge in [0.15, 0.2) is 11.2 Å². The Bertz CT molecular complexity index is 1900. The number of hydrogen-bond donors (Lipinski definition) is 1. The highest BCUT2D eigenvalue weighted by atomic mass is 16.2. The third-order valence-corrected chi connectivity index (χ3v) is 7.21. The standard InChI is InChI=1S/C30H28N8O2/c1-3-25-31-28-26(29(39)37(30(40)36(28)2)18-17-20-9-5-4-6-10-20)38(25)19-21-13-15-22(16-14-21)23-11-7-8-12-24(23)27-32-34-35-33-27/h4-16H,3,17-19H2,1-2H3,(H,32,33,34,35). The lowest BCUT2D eigenvalue weighted by Crippen LogP contribution is -2.40. The van der Waals surface area contributed by atoms with E-state index in [1.807, 2.05) is 90.4 Å². The minimum atomic E-state index is -0.356. The molecular formula is C30H28N8O2. The number of aromatic nitrogens is 8. The van der Waals surface area contributed by atoms with Gasteiger partial charge >= 0.3 is 5.69 Å². The van der Waals surface area contributed by atoms with Gasteiger partial charge in [-0.25, -0.2) is 9.78 Å². The molecule has 200 valence electrons. The molecule has 0 radical (unpaired) electrons. The highest BCUT2D eigenvalue weighted by molar-refractivity contribution is 5.80. The largest absolute Gasteiger partial charge is 0.332 e. The lowest BCUT2D eigenvalue weighted by Gasteiger charge is -2.12. The first-order valence-electron chi connectivity index (χ1n) is 13.2. The van der Waals surface area contributed by atoms with Gasteiger partial charge in [-0.05, 0) is 33.9 Å². The highest BCUT2D eigenvalue weighted by Gasteiger charge is 2.20. The molecule has 0 saturated heterocycles. The smallest absolute Gasteiger partial charge is 0.318 e. The van der Waals surface area contributed by atoms with Crippen LogP contribution in [0.5, 0.6) is 0 Å². The fourth-order valence-corrected chi connectivity index (χ4v) is 5.12. The Kier molecular flexibility index (Phi) is 6.65. The van der Waals surface area contributed by atoms with Crippen molar-refractivity contribution in [2.24, 2.45) is 7.05 Å². The van der Waals surface area contributed by atoms with Crippen LogP contribution in [0.25, 0.3) is 33.7 Å². The summed E-state index contributed by atoms with van der Waals surface area (Å²) in [6.07, 6.45) is 1.21. The molecule has 6 rings (SSSR count). The number of benzene rings is 3. The van der Waals surface area contributed by atoms with Crippen LogP contribution in [0.4, 0.5) is 0 Å². The van der Waals surface area contributed by atoms with Crippen molar-refractivity contribution in [1.29, 1.82) is 0 Å². The summed E-state index contributed by atoms with van der Waals surface area (Å²) in [6.45, 7) is 2.76. The molecular weight excluding hydrogens is 504 g/mol. The number of aromatic amines is 1. The Morgan fingerprint density at radius 3 is 2.25 bits per heavy atom. The van der Waals surface area contributed by atoms with Crippen LogP contribution < -0.4 is 11.2 Å². The first-order chi connectivity index (χ1) is 19.5. The van der Waals surface area contributed by atoms with Crippen molar-refractivity contribution in [3.63, 3.8) is 0 Å². The summed E-state index contributed by atoms with van der Waals surface area (Å²) in [4.78, 5) is 31.6. The Hall–Kier alpha value is -5.12. The molecule has 3 heterocycles. The van der Waals surface area contributed by atoms with E-state index in [-0.39, 0.29) is 11.2 Å². The SMILES string of the molecule is CCc1nc2c(c(=O)n(CCc3ccccc3)c(=O)n2C)n1Cc1ccc(-c2ccccc2-c2nn[nH]n2)cc1. The minimum Gasteiger partial charge on any atom is -0.318 e. The van der Waals surface area contributed by atoms with Crippen molar-refractivity contribution >= 4 is 11.2 Å². The Morgan fingerprint density at radius 1 is 0.825 bits per heavy atom. The minimum absolute atomic E-state index is 0.298. The molecule has 0 aliphatic rings. The number of hydrogen-bond acceptors (Lipinski definition) is 6. The number of rotatable bonds is 8. The van der Waals surface area contributed by atoms with Crippen LogP contribution >= 0.6 is 0 Å². The molecule has 3 aromatic carbocycles. The molecule has 40 heavy (non-hydrogen) atoms. The van der Waals surface area contributed by atoms with Crippen LogP contribution in [0, 0.1) is 0 Å². The van der Waals surface area contributed by atoms with Crippen LogP contribution in [0.15, 0.2) is 88.5 Å². The van der Waals surface area contributed by atoms with Gasteiger partial charge in [0.1, 0.15) is 5.82 Å². The molecule has 10 nitrogen and oxygen atoms in total. The first-order valence-corrected chi connectivity index (χ1v) is 13.2. The molecule has 0 bridgehead atoms. The topological polar surface area (TPSA) is 116 Å². The Labute approximate surface area is 229 Å². The van der Waals surface area contributed by atoms with Crippen molar-refractivity contribution in [3.8, 4) is 22.5 Å². The maximum atomic E-state index is 13.7. The van der Waals surface area contributed by atoms with Crippen LogP contribution in [-0.4, -0.2) is 39.3 Å². The van der Waals surface area contributed by atoms with Gasteiger partial charge in [0, 0.05) is 32.1 Å². The number of fused-ring (bicyclic) bond motifs is 1. The molecule has 0 saturated carbocycles. The third kappa shape index (κ3) is 4.53. The van der Waals surface area contributed by atoms with E-state index in [4.69, 9.17) is 4.98 Å². The average Bonchev–Trinajstić information content (AvgIpc) is 3.66. The number of H-pyrrole nitrogens is 1. The maximum absolute atomic E-state index is 13.7. The lowest BCUT2D eigenvalue weighted by molar-refractivity contribution is 0.600. The molecule has 3 aromatic heterocycles. The van der Waals surface area contributed by atoms with E-state index in [9.17, 15) is 9.59 Å².